The first-order valence-electron chi connectivity index (χ1n) is 8.33. The minimum Gasteiger partial charge on any atom is -0.311 e. The van der Waals surface area contributed by atoms with Crippen LogP contribution in [0.25, 0.3) is 5.69 Å². The summed E-state index contributed by atoms with van der Waals surface area (Å²) in [6.45, 7) is 8.06. The molecule has 3 rings (SSSR count). The minimum atomic E-state index is 0.914. The number of nitrogens with zero attached hydrogens (tertiary/aromatic N) is 3. The maximum Gasteiger partial charge on any atom is 0.0645 e. The van der Waals surface area contributed by atoms with Crippen molar-refractivity contribution in [3.05, 3.63) is 48.3 Å². The van der Waals surface area contributed by atoms with Crippen molar-refractivity contribution < 1.29 is 0 Å². The van der Waals surface area contributed by atoms with E-state index in [1.54, 1.807) is 6.20 Å². The molecule has 0 atom stereocenters. The molecule has 2 aromatic rings. The Hall–Kier alpha value is -1.65. The van der Waals surface area contributed by atoms with E-state index < -0.39 is 0 Å². The van der Waals surface area contributed by atoms with Gasteiger partial charge in [0.15, 0.2) is 0 Å². The molecule has 0 bridgehead atoms. The normalized spacial score (nSPS) is 17.0. The van der Waals surface area contributed by atoms with Crippen LogP contribution in [0, 0.1) is 5.92 Å². The number of aromatic nitrogens is 2. The lowest BCUT2D eigenvalue weighted by Crippen LogP contribution is -2.37. The maximum absolute atomic E-state index is 4.24. The fourth-order valence-corrected chi connectivity index (χ4v) is 2.94. The molecule has 118 valence electrons. The Bertz CT molecular complexity index is 539. The van der Waals surface area contributed by atoms with Crippen LogP contribution in [0.15, 0.2) is 42.7 Å². The SMILES string of the molecule is CC1CCN(CCNCc2ccc(-n3cccn3)cc2)CC1. The van der Waals surface area contributed by atoms with Crippen molar-refractivity contribution in [2.45, 2.75) is 26.3 Å². The van der Waals surface area contributed by atoms with Gasteiger partial charge in [0.05, 0.1) is 5.69 Å². The molecule has 0 saturated carbocycles. The van der Waals surface area contributed by atoms with Gasteiger partial charge >= 0.3 is 0 Å². The number of rotatable bonds is 6. The third-order valence-electron chi connectivity index (χ3n) is 4.52. The predicted octanol–water partition coefficient (Wildman–Crippen LogP) is 2.69. The quantitative estimate of drug-likeness (QED) is 0.832. The first kappa shape index (κ1) is 15.3. The zero-order chi connectivity index (χ0) is 15.2. The summed E-state index contributed by atoms with van der Waals surface area (Å²) < 4.78 is 1.88. The van der Waals surface area contributed by atoms with E-state index >= 15 is 0 Å². The number of piperidine rings is 1. The van der Waals surface area contributed by atoms with Gasteiger partial charge in [-0.25, -0.2) is 4.68 Å². The van der Waals surface area contributed by atoms with Crippen molar-refractivity contribution in [1.29, 1.82) is 0 Å². The molecule has 1 aromatic heterocycles. The largest absolute Gasteiger partial charge is 0.311 e. The molecule has 1 fully saturated rings. The molecule has 0 spiro atoms. The van der Waals surface area contributed by atoms with Crippen molar-refractivity contribution in [2.24, 2.45) is 5.92 Å². The summed E-state index contributed by atoms with van der Waals surface area (Å²) in [5, 5.41) is 7.79. The van der Waals surface area contributed by atoms with Gasteiger partial charge in [-0.3, -0.25) is 0 Å². The van der Waals surface area contributed by atoms with Crippen LogP contribution in [0.2, 0.25) is 0 Å². The topological polar surface area (TPSA) is 33.1 Å². The molecule has 1 N–H and O–H groups in total. The standard InChI is InChI=1S/C18H26N4/c1-16-7-12-21(13-8-16)14-10-19-15-17-3-5-18(6-4-17)22-11-2-9-20-22/h2-6,9,11,16,19H,7-8,10,12-15H2,1H3. The van der Waals surface area contributed by atoms with Crippen LogP contribution in [0.4, 0.5) is 0 Å². The van der Waals surface area contributed by atoms with E-state index in [1.807, 2.05) is 16.9 Å². The molecule has 1 saturated heterocycles. The van der Waals surface area contributed by atoms with E-state index in [0.29, 0.717) is 0 Å². The van der Waals surface area contributed by atoms with Crippen molar-refractivity contribution in [3.8, 4) is 5.69 Å². The Kier molecular flexibility index (Phi) is 5.24. The van der Waals surface area contributed by atoms with Gasteiger partial charge < -0.3 is 10.2 Å². The molecule has 1 aliphatic heterocycles. The van der Waals surface area contributed by atoms with Crippen molar-refractivity contribution >= 4 is 0 Å². The van der Waals surface area contributed by atoms with Gasteiger partial charge in [0.25, 0.3) is 0 Å². The summed E-state index contributed by atoms with van der Waals surface area (Å²) in [5.74, 6) is 0.914. The second kappa shape index (κ2) is 7.56. The zero-order valence-corrected chi connectivity index (χ0v) is 13.4. The molecule has 0 unspecified atom stereocenters. The number of nitrogens with one attached hydrogen (secondary N) is 1. The van der Waals surface area contributed by atoms with Crippen LogP contribution >= 0.6 is 0 Å². The molecule has 4 nitrogen and oxygen atoms in total. The van der Waals surface area contributed by atoms with Gasteiger partial charge in [-0.1, -0.05) is 19.1 Å². The van der Waals surface area contributed by atoms with Crippen molar-refractivity contribution in [3.63, 3.8) is 0 Å². The van der Waals surface area contributed by atoms with Crippen LogP contribution in [-0.4, -0.2) is 40.9 Å². The van der Waals surface area contributed by atoms with E-state index in [9.17, 15) is 0 Å². The lowest BCUT2D eigenvalue weighted by Gasteiger charge is -2.30. The van der Waals surface area contributed by atoms with E-state index in [1.165, 1.54) is 31.5 Å². The average Bonchev–Trinajstić information content (AvgIpc) is 3.08. The number of benzene rings is 1. The first-order chi connectivity index (χ1) is 10.8. The van der Waals surface area contributed by atoms with Crippen LogP contribution in [0.1, 0.15) is 25.3 Å². The van der Waals surface area contributed by atoms with Crippen molar-refractivity contribution in [1.82, 2.24) is 20.0 Å². The highest BCUT2D eigenvalue weighted by Gasteiger charge is 2.14. The smallest absolute Gasteiger partial charge is 0.0645 e. The number of hydrogen-bond donors (Lipinski definition) is 1. The van der Waals surface area contributed by atoms with Crippen molar-refractivity contribution in [2.75, 3.05) is 26.2 Å². The summed E-state index contributed by atoms with van der Waals surface area (Å²) in [6, 6.07) is 10.5. The van der Waals surface area contributed by atoms with Gasteiger partial charge in [0, 0.05) is 32.0 Å². The molecular weight excluding hydrogens is 272 g/mol. The minimum absolute atomic E-state index is 0.914. The molecule has 0 aliphatic carbocycles. The summed E-state index contributed by atoms with van der Waals surface area (Å²) in [6.07, 6.45) is 6.48. The van der Waals surface area contributed by atoms with Gasteiger partial charge in [-0.15, -0.1) is 0 Å². The highest BCUT2D eigenvalue weighted by Crippen LogP contribution is 2.15. The zero-order valence-electron chi connectivity index (χ0n) is 13.4. The van der Waals surface area contributed by atoms with Crippen LogP contribution in [0.5, 0.6) is 0 Å². The molecule has 2 heterocycles. The highest BCUT2D eigenvalue weighted by atomic mass is 15.3. The second-order valence-electron chi connectivity index (χ2n) is 6.32. The predicted molar refractivity (Wildman–Crippen MR) is 90.1 cm³/mol. The summed E-state index contributed by atoms with van der Waals surface area (Å²) in [7, 11) is 0. The summed E-state index contributed by atoms with van der Waals surface area (Å²) in [5.41, 5.74) is 2.43. The Labute approximate surface area is 133 Å². The lowest BCUT2D eigenvalue weighted by molar-refractivity contribution is 0.193. The van der Waals surface area contributed by atoms with E-state index in [4.69, 9.17) is 0 Å². The molecule has 0 amide bonds. The monoisotopic (exact) mass is 298 g/mol. The molecule has 22 heavy (non-hydrogen) atoms. The van der Waals surface area contributed by atoms with E-state index in [0.717, 1.165) is 31.2 Å². The van der Waals surface area contributed by atoms with Gasteiger partial charge in [-0.05, 0) is 55.6 Å². The Morgan fingerprint density at radius 1 is 1.18 bits per heavy atom. The third kappa shape index (κ3) is 4.18. The summed E-state index contributed by atoms with van der Waals surface area (Å²) >= 11 is 0. The van der Waals surface area contributed by atoms with Crippen LogP contribution < -0.4 is 5.32 Å². The van der Waals surface area contributed by atoms with Crippen LogP contribution in [0.3, 0.4) is 0 Å². The Morgan fingerprint density at radius 2 is 1.95 bits per heavy atom. The maximum atomic E-state index is 4.24. The average molecular weight is 298 g/mol. The Morgan fingerprint density at radius 3 is 2.64 bits per heavy atom. The molecule has 1 aromatic carbocycles. The third-order valence-corrected chi connectivity index (χ3v) is 4.52. The van der Waals surface area contributed by atoms with Crippen LogP contribution in [-0.2, 0) is 6.54 Å². The molecule has 4 heteroatoms. The number of likely N-dealkylation sites (tertiary alicyclic amines) is 1. The molecule has 1 aliphatic rings. The second-order valence-corrected chi connectivity index (χ2v) is 6.32. The fraction of sp³-hybridized carbons (Fsp3) is 0.500. The van der Waals surface area contributed by atoms with E-state index in [-0.39, 0.29) is 0 Å². The van der Waals surface area contributed by atoms with Gasteiger partial charge in [0.1, 0.15) is 0 Å². The molecule has 0 radical (unpaired) electrons. The Balaban J connectivity index is 1.39. The molecular formula is C18H26N4. The fourth-order valence-electron chi connectivity index (χ4n) is 2.94. The van der Waals surface area contributed by atoms with Gasteiger partial charge in [0.2, 0.25) is 0 Å². The van der Waals surface area contributed by atoms with E-state index in [2.05, 4.69) is 46.5 Å². The highest BCUT2D eigenvalue weighted by molar-refractivity contribution is 5.33. The van der Waals surface area contributed by atoms with Gasteiger partial charge in [-0.2, -0.15) is 5.10 Å². The lowest BCUT2D eigenvalue weighted by atomic mass is 9.99. The summed E-state index contributed by atoms with van der Waals surface area (Å²) in [4.78, 5) is 2.58. The first-order valence-corrected chi connectivity index (χ1v) is 8.33. The number of hydrogen-bond acceptors (Lipinski definition) is 3.